The van der Waals surface area contributed by atoms with E-state index in [1.165, 1.54) is 4.90 Å². The Morgan fingerprint density at radius 3 is 2.37 bits per heavy atom. The summed E-state index contributed by atoms with van der Waals surface area (Å²) in [6, 6.07) is 24.4. The van der Waals surface area contributed by atoms with Crippen LogP contribution in [0.5, 0.6) is 0 Å². The molecular formula is C29H27N3O2S. The monoisotopic (exact) mass is 481 g/mol. The lowest BCUT2D eigenvalue weighted by molar-refractivity contribution is -0.123. The summed E-state index contributed by atoms with van der Waals surface area (Å²) >= 11 is 1.01. The number of hydrogen-bond donors (Lipinski definition) is 0. The molecule has 4 aromatic rings. The Morgan fingerprint density at radius 2 is 1.63 bits per heavy atom. The number of rotatable bonds is 5. The van der Waals surface area contributed by atoms with Crippen molar-refractivity contribution in [2.75, 3.05) is 19.0 Å². The van der Waals surface area contributed by atoms with Gasteiger partial charge in [-0.15, -0.1) is 0 Å². The van der Waals surface area contributed by atoms with E-state index in [-0.39, 0.29) is 17.7 Å². The maximum absolute atomic E-state index is 13.2. The molecule has 0 N–H and O–H groups in total. The third kappa shape index (κ3) is 4.26. The first-order valence-corrected chi connectivity index (χ1v) is 12.3. The fraction of sp³-hybridized carbons (Fsp3) is 0.172. The van der Waals surface area contributed by atoms with Gasteiger partial charge in [0, 0.05) is 36.9 Å². The second-order valence-corrected chi connectivity index (χ2v) is 9.97. The van der Waals surface area contributed by atoms with Gasteiger partial charge in [0.25, 0.3) is 11.1 Å². The van der Waals surface area contributed by atoms with Gasteiger partial charge in [0.15, 0.2) is 0 Å². The van der Waals surface area contributed by atoms with E-state index in [9.17, 15) is 9.59 Å². The quantitative estimate of drug-likeness (QED) is 0.303. The van der Waals surface area contributed by atoms with E-state index < -0.39 is 0 Å². The molecule has 0 radical (unpaired) electrons. The van der Waals surface area contributed by atoms with Gasteiger partial charge in [0.1, 0.15) is 0 Å². The van der Waals surface area contributed by atoms with Crippen LogP contribution < -0.4 is 4.90 Å². The van der Waals surface area contributed by atoms with Gasteiger partial charge < -0.3 is 9.47 Å². The number of imide groups is 1. The summed E-state index contributed by atoms with van der Waals surface area (Å²) in [5.41, 5.74) is 6.20. The minimum atomic E-state index is -0.243. The van der Waals surface area contributed by atoms with Crippen LogP contribution in [0, 0.1) is 13.8 Å². The van der Waals surface area contributed by atoms with Gasteiger partial charge in [-0.05, 0) is 83.9 Å². The number of amides is 2. The molecule has 0 aliphatic carbocycles. The molecule has 2 heterocycles. The van der Waals surface area contributed by atoms with Crippen molar-refractivity contribution in [3.05, 3.63) is 100 Å². The average Bonchev–Trinajstić information content (AvgIpc) is 3.28. The fourth-order valence-electron chi connectivity index (χ4n) is 4.61. The summed E-state index contributed by atoms with van der Waals surface area (Å²) in [5, 5.41) is 1.92. The zero-order valence-electron chi connectivity index (χ0n) is 20.3. The zero-order chi connectivity index (χ0) is 24.7. The van der Waals surface area contributed by atoms with E-state index in [1.807, 2.05) is 69.6 Å². The van der Waals surface area contributed by atoms with Crippen molar-refractivity contribution in [1.82, 2.24) is 9.47 Å². The summed E-state index contributed by atoms with van der Waals surface area (Å²) < 4.78 is 2.17. The van der Waals surface area contributed by atoms with E-state index in [1.54, 1.807) is 0 Å². The van der Waals surface area contributed by atoms with E-state index >= 15 is 0 Å². The van der Waals surface area contributed by atoms with Crippen LogP contribution in [0.3, 0.4) is 0 Å². The SMILES string of the molecule is Cc1cc(/C=C2/SC(=O)N(Cc3cccc4ccccc34)C2=O)c(C)n1-c1ccc(N(C)C)cc1. The smallest absolute Gasteiger partial charge is 0.293 e. The third-order valence-corrected chi connectivity index (χ3v) is 7.37. The maximum atomic E-state index is 13.2. The first kappa shape index (κ1) is 23.0. The number of benzene rings is 3. The van der Waals surface area contributed by atoms with Crippen LogP contribution in [0.4, 0.5) is 10.5 Å². The predicted octanol–water partition coefficient (Wildman–Crippen LogP) is 6.55. The molecule has 1 aliphatic heterocycles. The molecule has 5 nitrogen and oxygen atoms in total. The minimum absolute atomic E-state index is 0.234. The molecule has 1 aromatic heterocycles. The fourth-order valence-corrected chi connectivity index (χ4v) is 5.44. The number of anilines is 1. The Balaban J connectivity index is 1.43. The van der Waals surface area contributed by atoms with Gasteiger partial charge in [-0.25, -0.2) is 0 Å². The summed E-state index contributed by atoms with van der Waals surface area (Å²) in [7, 11) is 4.04. The molecule has 0 saturated carbocycles. The highest BCUT2D eigenvalue weighted by Gasteiger charge is 2.35. The first-order chi connectivity index (χ1) is 16.8. The number of aromatic nitrogens is 1. The molecule has 0 bridgehead atoms. The van der Waals surface area contributed by atoms with Crippen LogP contribution in [0.15, 0.2) is 77.7 Å². The van der Waals surface area contributed by atoms with Crippen LogP contribution in [0.1, 0.15) is 22.5 Å². The average molecular weight is 482 g/mol. The predicted molar refractivity (Wildman–Crippen MR) is 145 cm³/mol. The Bertz CT molecular complexity index is 1480. The van der Waals surface area contributed by atoms with Crippen LogP contribution in [0.2, 0.25) is 0 Å². The molecule has 1 fully saturated rings. The highest BCUT2D eigenvalue weighted by molar-refractivity contribution is 8.18. The van der Waals surface area contributed by atoms with Gasteiger partial charge in [0.05, 0.1) is 11.4 Å². The van der Waals surface area contributed by atoms with Gasteiger partial charge in [0.2, 0.25) is 0 Å². The van der Waals surface area contributed by atoms with Crippen LogP contribution >= 0.6 is 11.8 Å². The molecule has 35 heavy (non-hydrogen) atoms. The number of aryl methyl sites for hydroxylation is 1. The Hall–Kier alpha value is -3.77. The lowest BCUT2D eigenvalue weighted by Crippen LogP contribution is -2.27. The summed E-state index contributed by atoms with van der Waals surface area (Å²) in [5.74, 6) is -0.243. The van der Waals surface area contributed by atoms with Crippen molar-refractivity contribution in [2.45, 2.75) is 20.4 Å². The Kier molecular flexibility index (Phi) is 5.99. The Morgan fingerprint density at radius 1 is 0.914 bits per heavy atom. The van der Waals surface area contributed by atoms with E-state index in [2.05, 4.69) is 46.7 Å². The molecular weight excluding hydrogens is 454 g/mol. The number of thioether (sulfide) groups is 1. The van der Waals surface area contributed by atoms with Gasteiger partial charge in [-0.3, -0.25) is 14.5 Å². The molecule has 3 aromatic carbocycles. The largest absolute Gasteiger partial charge is 0.378 e. The van der Waals surface area contributed by atoms with Crippen molar-refractivity contribution >= 4 is 45.4 Å². The molecule has 0 atom stereocenters. The number of carbonyl (C=O) groups is 2. The van der Waals surface area contributed by atoms with E-state index in [0.29, 0.717) is 4.91 Å². The topological polar surface area (TPSA) is 45.6 Å². The molecule has 1 saturated heterocycles. The van der Waals surface area contributed by atoms with Crippen molar-refractivity contribution < 1.29 is 9.59 Å². The van der Waals surface area contributed by atoms with Crippen LogP contribution in [0.25, 0.3) is 22.5 Å². The summed E-state index contributed by atoms with van der Waals surface area (Å²) in [6.45, 7) is 4.36. The third-order valence-electron chi connectivity index (χ3n) is 6.46. The summed E-state index contributed by atoms with van der Waals surface area (Å²) in [4.78, 5) is 29.9. The van der Waals surface area contributed by atoms with Crippen molar-refractivity contribution in [3.63, 3.8) is 0 Å². The van der Waals surface area contributed by atoms with Gasteiger partial charge >= 0.3 is 0 Å². The molecule has 5 rings (SSSR count). The van der Waals surface area contributed by atoms with Crippen LogP contribution in [-0.4, -0.2) is 34.7 Å². The number of nitrogens with zero attached hydrogens (tertiary/aromatic N) is 3. The van der Waals surface area contributed by atoms with Gasteiger partial charge in [-0.1, -0.05) is 42.5 Å². The molecule has 1 aliphatic rings. The normalized spacial score (nSPS) is 15.0. The Labute approximate surface area is 209 Å². The van der Waals surface area contributed by atoms with Gasteiger partial charge in [-0.2, -0.15) is 0 Å². The number of fused-ring (bicyclic) bond motifs is 1. The highest BCUT2D eigenvalue weighted by atomic mass is 32.2. The van der Waals surface area contributed by atoms with Crippen LogP contribution in [-0.2, 0) is 11.3 Å². The lowest BCUT2D eigenvalue weighted by atomic mass is 10.0. The molecule has 0 spiro atoms. The standard InChI is InChI=1S/C29H27N3O2S/c1-19-16-23(20(2)32(19)25-14-12-24(13-15-25)30(3)4)17-27-28(33)31(29(34)35-27)18-22-10-7-9-21-8-5-6-11-26(21)22/h5-17H,18H2,1-4H3/b27-17+. The molecule has 6 heteroatoms. The van der Waals surface area contributed by atoms with Crippen molar-refractivity contribution in [2.24, 2.45) is 0 Å². The summed E-state index contributed by atoms with van der Waals surface area (Å²) in [6.07, 6.45) is 1.85. The number of hydrogen-bond acceptors (Lipinski definition) is 4. The second-order valence-electron chi connectivity index (χ2n) is 8.98. The minimum Gasteiger partial charge on any atom is -0.378 e. The maximum Gasteiger partial charge on any atom is 0.293 e. The first-order valence-electron chi connectivity index (χ1n) is 11.5. The van der Waals surface area contributed by atoms with E-state index in [4.69, 9.17) is 0 Å². The zero-order valence-corrected chi connectivity index (χ0v) is 21.1. The second kappa shape index (κ2) is 9.12. The number of carbonyl (C=O) groups excluding carboxylic acids is 2. The molecule has 176 valence electrons. The van der Waals surface area contributed by atoms with Crippen molar-refractivity contribution in [3.8, 4) is 5.69 Å². The van der Waals surface area contributed by atoms with E-state index in [0.717, 1.165) is 56.4 Å². The van der Waals surface area contributed by atoms with Crippen molar-refractivity contribution in [1.29, 1.82) is 0 Å². The highest BCUT2D eigenvalue weighted by Crippen LogP contribution is 2.35. The molecule has 2 amide bonds. The molecule has 0 unspecified atom stereocenters. The lowest BCUT2D eigenvalue weighted by Gasteiger charge is -2.15.